The minimum Gasteiger partial charge on any atom is -0.493 e. The van der Waals surface area contributed by atoms with Crippen LogP contribution in [0.25, 0.3) is 17.3 Å². The highest BCUT2D eigenvalue weighted by molar-refractivity contribution is 9.10. The Morgan fingerprint density at radius 3 is 2.68 bits per heavy atom. The largest absolute Gasteiger partial charge is 0.493 e. The zero-order valence-electron chi connectivity index (χ0n) is 13.3. The highest BCUT2D eigenvalue weighted by Crippen LogP contribution is 2.36. The molecule has 2 aromatic carbocycles. The summed E-state index contributed by atoms with van der Waals surface area (Å²) < 4.78 is 4.98. The number of aromatic hydroxyl groups is 1. The third-order valence-corrected chi connectivity index (χ3v) is 5.15. The molecule has 0 bridgehead atoms. The number of aliphatic imine (C=N–C) groups is 1. The molecule has 1 N–H and O–H groups in total. The van der Waals surface area contributed by atoms with Crippen molar-refractivity contribution in [3.63, 3.8) is 0 Å². The minimum absolute atomic E-state index is 0.114. The number of nitrogens with zero attached hydrogens (tertiary/aromatic N) is 3. The van der Waals surface area contributed by atoms with Crippen molar-refractivity contribution in [2.45, 2.75) is 0 Å². The van der Waals surface area contributed by atoms with Crippen LogP contribution in [-0.2, 0) is 7.05 Å². The molecule has 0 saturated carbocycles. The average molecular weight is 412 g/mol. The SMILES string of the molecule is Cn1c(C=C2C=Nc3ccc(Br)cc32)c(O)n(-c2ccccc2)c1=S. The Labute approximate surface area is 158 Å². The number of aromatic nitrogens is 2. The normalized spacial score (nSPS) is 14.2. The first-order chi connectivity index (χ1) is 12.1. The quantitative estimate of drug-likeness (QED) is 0.583. The topological polar surface area (TPSA) is 42.4 Å². The number of imidazole rings is 1. The molecule has 4 rings (SSSR count). The van der Waals surface area contributed by atoms with E-state index in [4.69, 9.17) is 12.2 Å². The highest BCUT2D eigenvalue weighted by Gasteiger charge is 2.18. The molecule has 0 amide bonds. The van der Waals surface area contributed by atoms with Crippen LogP contribution in [0.5, 0.6) is 5.88 Å². The first kappa shape index (κ1) is 16.1. The van der Waals surface area contributed by atoms with E-state index in [1.807, 2.05) is 61.7 Å². The molecule has 0 radical (unpaired) electrons. The molecule has 0 fully saturated rings. The van der Waals surface area contributed by atoms with Crippen molar-refractivity contribution >= 4 is 51.7 Å². The molecule has 0 saturated heterocycles. The Morgan fingerprint density at radius 2 is 1.92 bits per heavy atom. The van der Waals surface area contributed by atoms with E-state index in [-0.39, 0.29) is 5.88 Å². The summed E-state index contributed by atoms with van der Waals surface area (Å²) in [5, 5.41) is 10.8. The standard InChI is InChI=1S/C19H14BrN3OS/c1-22-17(9-12-11-21-16-8-7-13(20)10-15(12)16)18(24)23(19(22)25)14-5-3-2-4-6-14/h2-11,24H,1H3. The van der Waals surface area contributed by atoms with Gasteiger partial charge in [0.05, 0.1) is 11.4 Å². The monoisotopic (exact) mass is 411 g/mol. The fraction of sp³-hybridized carbons (Fsp3) is 0.0526. The zero-order valence-corrected chi connectivity index (χ0v) is 15.8. The molecule has 1 aliphatic rings. The fourth-order valence-corrected chi connectivity index (χ4v) is 3.55. The number of hydrogen-bond acceptors (Lipinski definition) is 3. The van der Waals surface area contributed by atoms with Crippen LogP contribution in [-0.4, -0.2) is 20.5 Å². The van der Waals surface area contributed by atoms with Gasteiger partial charge in [0.25, 0.3) is 0 Å². The maximum atomic E-state index is 10.8. The molecular weight excluding hydrogens is 398 g/mol. The third kappa shape index (κ3) is 2.67. The summed E-state index contributed by atoms with van der Waals surface area (Å²) in [7, 11) is 1.85. The summed E-state index contributed by atoms with van der Waals surface area (Å²) in [6, 6.07) is 15.5. The van der Waals surface area contributed by atoms with Gasteiger partial charge in [0, 0.05) is 28.9 Å². The summed E-state index contributed by atoms with van der Waals surface area (Å²) in [5.74, 6) is 0.114. The van der Waals surface area contributed by atoms with Crippen LogP contribution in [0.3, 0.4) is 0 Å². The second kappa shape index (κ2) is 6.13. The van der Waals surface area contributed by atoms with Crippen molar-refractivity contribution in [2.75, 3.05) is 0 Å². The predicted octanol–water partition coefficient (Wildman–Crippen LogP) is 5.27. The summed E-state index contributed by atoms with van der Waals surface area (Å²) in [5.41, 5.74) is 4.34. The molecule has 0 spiro atoms. The van der Waals surface area contributed by atoms with Crippen LogP contribution >= 0.6 is 28.1 Å². The number of halogens is 1. The molecule has 6 heteroatoms. The summed E-state index contributed by atoms with van der Waals surface area (Å²) in [6.45, 7) is 0. The Kier molecular flexibility index (Phi) is 3.94. The molecule has 0 aliphatic carbocycles. The van der Waals surface area contributed by atoms with E-state index in [1.54, 1.807) is 15.3 Å². The lowest BCUT2D eigenvalue weighted by Gasteiger charge is -2.04. The molecule has 4 nitrogen and oxygen atoms in total. The van der Waals surface area contributed by atoms with Crippen LogP contribution in [0, 0.1) is 4.77 Å². The average Bonchev–Trinajstić information content (AvgIpc) is 3.10. The molecule has 0 atom stereocenters. The van der Waals surface area contributed by atoms with Crippen LogP contribution in [0.4, 0.5) is 5.69 Å². The molecule has 2 heterocycles. The predicted molar refractivity (Wildman–Crippen MR) is 107 cm³/mol. The third-order valence-electron chi connectivity index (χ3n) is 4.20. The van der Waals surface area contributed by atoms with Crippen LogP contribution < -0.4 is 0 Å². The Morgan fingerprint density at radius 1 is 1.16 bits per heavy atom. The van der Waals surface area contributed by atoms with E-state index < -0.39 is 0 Å². The summed E-state index contributed by atoms with van der Waals surface area (Å²) in [6.07, 6.45) is 3.71. The van der Waals surface area contributed by atoms with Gasteiger partial charge < -0.3 is 9.67 Å². The van der Waals surface area contributed by atoms with E-state index >= 15 is 0 Å². The molecule has 124 valence electrons. The van der Waals surface area contributed by atoms with Gasteiger partial charge in [-0.1, -0.05) is 34.1 Å². The number of allylic oxidation sites excluding steroid dienone is 1. The van der Waals surface area contributed by atoms with Crippen LogP contribution in [0.15, 0.2) is 58.0 Å². The maximum absolute atomic E-state index is 10.8. The maximum Gasteiger partial charge on any atom is 0.222 e. The van der Waals surface area contributed by atoms with Gasteiger partial charge in [0.15, 0.2) is 4.77 Å². The van der Waals surface area contributed by atoms with Crippen molar-refractivity contribution < 1.29 is 5.11 Å². The summed E-state index contributed by atoms with van der Waals surface area (Å²) >= 11 is 9.01. The number of fused-ring (bicyclic) bond motifs is 1. The highest BCUT2D eigenvalue weighted by atomic mass is 79.9. The first-order valence-corrected chi connectivity index (χ1v) is 8.88. The number of benzene rings is 2. The molecule has 3 aromatic rings. The molecule has 0 unspecified atom stereocenters. The van der Waals surface area contributed by atoms with Crippen molar-refractivity contribution in [1.82, 2.24) is 9.13 Å². The van der Waals surface area contributed by atoms with E-state index in [2.05, 4.69) is 20.9 Å². The number of hydrogen-bond donors (Lipinski definition) is 1. The van der Waals surface area contributed by atoms with E-state index in [9.17, 15) is 5.11 Å². The molecule has 25 heavy (non-hydrogen) atoms. The van der Waals surface area contributed by atoms with Gasteiger partial charge in [-0.2, -0.15) is 0 Å². The lowest BCUT2D eigenvalue weighted by atomic mass is 10.1. The van der Waals surface area contributed by atoms with Crippen LogP contribution in [0.2, 0.25) is 0 Å². The Bertz CT molecular complexity index is 1090. The van der Waals surface area contributed by atoms with Crippen molar-refractivity contribution in [1.29, 1.82) is 0 Å². The smallest absolute Gasteiger partial charge is 0.222 e. The van der Waals surface area contributed by atoms with Gasteiger partial charge in [0.2, 0.25) is 5.88 Å². The molecule has 1 aromatic heterocycles. The van der Waals surface area contributed by atoms with Gasteiger partial charge in [-0.3, -0.25) is 9.56 Å². The zero-order chi connectivity index (χ0) is 17.6. The minimum atomic E-state index is 0.114. The Hall–Kier alpha value is -2.44. The Balaban J connectivity index is 1.88. The van der Waals surface area contributed by atoms with Gasteiger partial charge in [0.1, 0.15) is 5.69 Å². The first-order valence-electron chi connectivity index (χ1n) is 7.68. The lowest BCUT2D eigenvalue weighted by molar-refractivity contribution is 0.440. The van der Waals surface area contributed by atoms with Gasteiger partial charge in [-0.05, 0) is 48.6 Å². The van der Waals surface area contributed by atoms with E-state index in [0.717, 1.165) is 27.0 Å². The van der Waals surface area contributed by atoms with Crippen molar-refractivity contribution in [3.8, 4) is 11.6 Å². The van der Waals surface area contributed by atoms with Gasteiger partial charge in [-0.15, -0.1) is 0 Å². The number of rotatable bonds is 2. The van der Waals surface area contributed by atoms with Gasteiger partial charge >= 0.3 is 0 Å². The van der Waals surface area contributed by atoms with Crippen LogP contribution in [0.1, 0.15) is 11.3 Å². The second-order valence-electron chi connectivity index (χ2n) is 5.74. The second-order valence-corrected chi connectivity index (χ2v) is 7.02. The fourth-order valence-electron chi connectivity index (χ4n) is 2.90. The summed E-state index contributed by atoms with van der Waals surface area (Å²) in [4.78, 5) is 4.43. The van der Waals surface area contributed by atoms with E-state index in [0.29, 0.717) is 10.5 Å². The number of para-hydroxylation sites is 1. The van der Waals surface area contributed by atoms with Gasteiger partial charge in [-0.25, -0.2) is 0 Å². The van der Waals surface area contributed by atoms with Crippen molar-refractivity contribution in [3.05, 3.63) is 69.0 Å². The molecular formula is C19H14BrN3OS. The lowest BCUT2D eigenvalue weighted by Crippen LogP contribution is -1.95. The van der Waals surface area contributed by atoms with E-state index in [1.165, 1.54) is 0 Å². The van der Waals surface area contributed by atoms with Crippen molar-refractivity contribution in [2.24, 2.45) is 12.0 Å². The molecule has 1 aliphatic heterocycles.